The van der Waals surface area contributed by atoms with Crippen LogP contribution in [0.4, 0.5) is 9.59 Å². The van der Waals surface area contributed by atoms with E-state index in [1.807, 2.05) is 19.2 Å². The van der Waals surface area contributed by atoms with Gasteiger partial charge in [-0.15, -0.1) is 0 Å². The molecule has 0 atom stereocenters. The van der Waals surface area contributed by atoms with Crippen LogP contribution in [-0.2, 0) is 4.74 Å². The normalized spacial score (nSPS) is 11.4. The number of hydrogen-bond acceptors (Lipinski definition) is 3. The number of hydrogen-bond donors (Lipinski definition) is 2. The van der Waals surface area contributed by atoms with Crippen molar-refractivity contribution < 1.29 is 14.3 Å². The smallest absolute Gasteiger partial charge is 0.415 e. The molecule has 3 amide bonds. The Kier molecular flexibility index (Phi) is 6.61. The second-order valence-corrected chi connectivity index (χ2v) is 5.28. The molecule has 0 aromatic heterocycles. The summed E-state index contributed by atoms with van der Waals surface area (Å²) in [6.07, 6.45) is 3.26. The lowest BCUT2D eigenvalue weighted by atomic mass is 9.98. The fraction of sp³-hybridized carbons (Fsp3) is 0.833. The molecule has 100 valence electrons. The monoisotopic (exact) mass is 244 g/mol. The molecule has 5 heteroatoms. The summed E-state index contributed by atoms with van der Waals surface area (Å²) >= 11 is 0. The van der Waals surface area contributed by atoms with Gasteiger partial charge >= 0.3 is 12.1 Å². The van der Waals surface area contributed by atoms with E-state index in [2.05, 4.69) is 13.8 Å². The number of primary amides is 1. The third-order valence-electron chi connectivity index (χ3n) is 2.40. The molecule has 0 aromatic carbocycles. The van der Waals surface area contributed by atoms with E-state index < -0.39 is 17.7 Å². The van der Waals surface area contributed by atoms with E-state index in [9.17, 15) is 9.59 Å². The van der Waals surface area contributed by atoms with Crippen LogP contribution < -0.4 is 11.1 Å². The van der Waals surface area contributed by atoms with Crippen molar-refractivity contribution in [3.05, 3.63) is 0 Å². The van der Waals surface area contributed by atoms with Crippen molar-refractivity contribution >= 4 is 12.1 Å². The van der Waals surface area contributed by atoms with Crippen LogP contribution >= 0.6 is 0 Å². The standard InChI is InChI=1S/C12H24N2O3/c1-9(2)7-5-6-8-12(3,4)17-11(16)14-10(13)15/h9H,5-8H2,1-4H3,(H3,13,14,15,16). The number of alkyl carbamates (subject to hydrolysis) is 1. The number of nitrogens with one attached hydrogen (secondary N) is 1. The Morgan fingerprint density at radius 1 is 1.29 bits per heavy atom. The number of urea groups is 1. The molecule has 0 unspecified atom stereocenters. The first-order valence-electron chi connectivity index (χ1n) is 6.02. The highest BCUT2D eigenvalue weighted by Crippen LogP contribution is 2.19. The molecular weight excluding hydrogens is 220 g/mol. The van der Waals surface area contributed by atoms with Gasteiger partial charge in [0.2, 0.25) is 0 Å². The van der Waals surface area contributed by atoms with Crippen LogP contribution in [0, 0.1) is 5.92 Å². The molecule has 0 aromatic rings. The fourth-order valence-electron chi connectivity index (χ4n) is 1.53. The van der Waals surface area contributed by atoms with Crippen molar-refractivity contribution in [1.29, 1.82) is 0 Å². The molecule has 0 aliphatic rings. The van der Waals surface area contributed by atoms with Crippen molar-refractivity contribution in [2.45, 2.75) is 59.0 Å². The predicted octanol–water partition coefficient (Wildman–Crippen LogP) is 2.79. The van der Waals surface area contributed by atoms with Crippen LogP contribution in [-0.4, -0.2) is 17.7 Å². The van der Waals surface area contributed by atoms with E-state index in [0.717, 1.165) is 19.3 Å². The van der Waals surface area contributed by atoms with E-state index in [1.54, 1.807) is 0 Å². The quantitative estimate of drug-likeness (QED) is 0.705. The molecule has 0 saturated carbocycles. The average molecular weight is 244 g/mol. The largest absolute Gasteiger partial charge is 0.443 e. The van der Waals surface area contributed by atoms with Gasteiger partial charge in [-0.1, -0.05) is 26.7 Å². The van der Waals surface area contributed by atoms with Crippen LogP contribution in [0.2, 0.25) is 0 Å². The molecule has 0 fully saturated rings. The molecule has 0 saturated heterocycles. The van der Waals surface area contributed by atoms with E-state index >= 15 is 0 Å². The lowest BCUT2D eigenvalue weighted by Crippen LogP contribution is -2.40. The van der Waals surface area contributed by atoms with Crippen molar-refractivity contribution in [1.82, 2.24) is 5.32 Å². The summed E-state index contributed by atoms with van der Waals surface area (Å²) in [7, 11) is 0. The first kappa shape index (κ1) is 15.7. The molecular formula is C12H24N2O3. The van der Waals surface area contributed by atoms with Gasteiger partial charge < -0.3 is 10.5 Å². The molecule has 0 bridgehead atoms. The lowest BCUT2D eigenvalue weighted by Gasteiger charge is -2.24. The molecule has 0 heterocycles. The molecule has 0 radical (unpaired) electrons. The van der Waals surface area contributed by atoms with Gasteiger partial charge in [0.1, 0.15) is 5.60 Å². The Morgan fingerprint density at radius 3 is 2.35 bits per heavy atom. The number of carbonyl (C=O) groups excluding carboxylic acids is 2. The number of imide groups is 1. The highest BCUT2D eigenvalue weighted by molar-refractivity contribution is 5.89. The van der Waals surface area contributed by atoms with Crippen LogP contribution in [0.25, 0.3) is 0 Å². The fourth-order valence-corrected chi connectivity index (χ4v) is 1.53. The van der Waals surface area contributed by atoms with Crippen molar-refractivity contribution in [2.75, 3.05) is 0 Å². The number of ether oxygens (including phenoxy) is 1. The average Bonchev–Trinajstić information content (AvgIpc) is 2.09. The van der Waals surface area contributed by atoms with Gasteiger partial charge in [0, 0.05) is 0 Å². The van der Waals surface area contributed by atoms with Gasteiger partial charge in [-0.25, -0.2) is 14.9 Å². The summed E-state index contributed by atoms with van der Waals surface area (Å²) in [4.78, 5) is 21.6. The van der Waals surface area contributed by atoms with Gasteiger partial charge in [-0.3, -0.25) is 0 Å². The first-order chi connectivity index (χ1) is 7.73. The van der Waals surface area contributed by atoms with E-state index in [0.29, 0.717) is 5.92 Å². The van der Waals surface area contributed by atoms with Crippen LogP contribution in [0.5, 0.6) is 0 Å². The molecule has 17 heavy (non-hydrogen) atoms. The highest BCUT2D eigenvalue weighted by atomic mass is 16.6. The summed E-state index contributed by atoms with van der Waals surface area (Å²) < 4.78 is 5.10. The minimum atomic E-state index is -0.898. The Bertz CT molecular complexity index is 262. The Hall–Kier alpha value is -1.26. The predicted molar refractivity (Wildman–Crippen MR) is 66.6 cm³/mol. The number of carbonyl (C=O) groups is 2. The van der Waals surface area contributed by atoms with Crippen molar-refractivity contribution in [3.63, 3.8) is 0 Å². The minimum absolute atomic E-state index is 0.573. The van der Waals surface area contributed by atoms with Crippen molar-refractivity contribution in [2.24, 2.45) is 11.7 Å². The number of nitrogens with two attached hydrogens (primary N) is 1. The zero-order chi connectivity index (χ0) is 13.5. The van der Waals surface area contributed by atoms with Crippen LogP contribution in [0.3, 0.4) is 0 Å². The molecule has 3 N–H and O–H groups in total. The summed E-state index contributed by atoms with van der Waals surface area (Å²) in [6.45, 7) is 8.01. The van der Waals surface area contributed by atoms with E-state index in [4.69, 9.17) is 10.5 Å². The minimum Gasteiger partial charge on any atom is -0.443 e. The topological polar surface area (TPSA) is 81.4 Å². The zero-order valence-corrected chi connectivity index (χ0v) is 11.2. The summed E-state index contributed by atoms with van der Waals surface area (Å²) in [5.41, 5.74) is 4.24. The third-order valence-corrected chi connectivity index (χ3v) is 2.40. The van der Waals surface area contributed by atoms with Crippen LogP contribution in [0.1, 0.15) is 53.4 Å². The molecule has 0 spiro atoms. The van der Waals surface area contributed by atoms with Gasteiger partial charge in [0.25, 0.3) is 0 Å². The molecule has 0 aliphatic heterocycles. The van der Waals surface area contributed by atoms with Gasteiger partial charge in [0.15, 0.2) is 0 Å². The summed E-state index contributed by atoms with van der Waals surface area (Å²) in [5, 5.41) is 1.89. The third kappa shape index (κ3) is 9.66. The Morgan fingerprint density at radius 2 is 1.88 bits per heavy atom. The SMILES string of the molecule is CC(C)CCCCC(C)(C)OC(=O)NC(N)=O. The van der Waals surface area contributed by atoms with E-state index in [-0.39, 0.29) is 0 Å². The first-order valence-corrected chi connectivity index (χ1v) is 6.02. The number of unbranched alkanes of at least 4 members (excludes halogenated alkanes) is 1. The lowest BCUT2D eigenvalue weighted by molar-refractivity contribution is 0.0328. The molecule has 0 rings (SSSR count). The molecule has 0 aliphatic carbocycles. The summed E-state index contributed by atoms with van der Waals surface area (Å²) in [5.74, 6) is 0.692. The maximum Gasteiger partial charge on any atom is 0.415 e. The maximum atomic E-state index is 11.2. The van der Waals surface area contributed by atoms with E-state index in [1.165, 1.54) is 6.42 Å². The molecule has 5 nitrogen and oxygen atoms in total. The second-order valence-electron chi connectivity index (χ2n) is 5.28. The van der Waals surface area contributed by atoms with Crippen molar-refractivity contribution in [3.8, 4) is 0 Å². The second kappa shape index (κ2) is 7.14. The highest BCUT2D eigenvalue weighted by Gasteiger charge is 2.22. The summed E-state index contributed by atoms with van der Waals surface area (Å²) in [6, 6.07) is -0.898. The van der Waals surface area contributed by atoms with Crippen LogP contribution in [0.15, 0.2) is 0 Å². The Balaban J connectivity index is 3.86. The zero-order valence-electron chi connectivity index (χ0n) is 11.2. The van der Waals surface area contributed by atoms with Gasteiger partial charge in [0.05, 0.1) is 0 Å². The Labute approximate surface area is 103 Å². The maximum absolute atomic E-state index is 11.2. The number of rotatable bonds is 6. The van der Waals surface area contributed by atoms with Gasteiger partial charge in [-0.05, 0) is 32.6 Å². The van der Waals surface area contributed by atoms with Gasteiger partial charge in [-0.2, -0.15) is 0 Å². The number of amides is 3.